The summed E-state index contributed by atoms with van der Waals surface area (Å²) in [6.07, 6.45) is 3.64. The van der Waals surface area contributed by atoms with E-state index in [1.165, 1.54) is 0 Å². The smallest absolute Gasteiger partial charge is 0.270 e. The van der Waals surface area contributed by atoms with Gasteiger partial charge in [-0.1, -0.05) is 24.3 Å². The number of pyridine rings is 1. The number of amides is 1. The van der Waals surface area contributed by atoms with E-state index in [2.05, 4.69) is 15.4 Å². The molecule has 134 valence electrons. The Morgan fingerprint density at radius 1 is 1.11 bits per heavy atom. The minimum atomic E-state index is -0.222. The lowest BCUT2D eigenvalue weighted by atomic mass is 10.2. The SMILES string of the molecule is COc1ccc2nc(C(=O)NCc3cnn(-c4ccccc4)c3)ccc2c1. The van der Waals surface area contributed by atoms with E-state index < -0.39 is 0 Å². The summed E-state index contributed by atoms with van der Waals surface area (Å²) in [5.74, 6) is 0.539. The summed E-state index contributed by atoms with van der Waals surface area (Å²) in [6.45, 7) is 0.383. The van der Waals surface area contributed by atoms with Crippen molar-refractivity contribution in [3.63, 3.8) is 0 Å². The van der Waals surface area contributed by atoms with Crippen molar-refractivity contribution in [1.82, 2.24) is 20.1 Å². The van der Waals surface area contributed by atoms with Gasteiger partial charge >= 0.3 is 0 Å². The third kappa shape index (κ3) is 3.64. The Morgan fingerprint density at radius 2 is 1.96 bits per heavy atom. The van der Waals surface area contributed by atoms with Gasteiger partial charge in [0.05, 0.1) is 24.5 Å². The molecule has 6 nitrogen and oxygen atoms in total. The molecule has 2 heterocycles. The number of methoxy groups -OCH3 is 1. The normalized spacial score (nSPS) is 10.7. The minimum Gasteiger partial charge on any atom is -0.497 e. The average molecular weight is 358 g/mol. The maximum atomic E-state index is 12.4. The highest BCUT2D eigenvalue weighted by Gasteiger charge is 2.09. The molecular formula is C21H18N4O2. The van der Waals surface area contributed by atoms with E-state index >= 15 is 0 Å². The average Bonchev–Trinajstić information content (AvgIpc) is 3.21. The highest BCUT2D eigenvalue weighted by atomic mass is 16.5. The lowest BCUT2D eigenvalue weighted by Crippen LogP contribution is -2.23. The lowest BCUT2D eigenvalue weighted by Gasteiger charge is -2.06. The molecule has 4 aromatic rings. The largest absolute Gasteiger partial charge is 0.497 e. The summed E-state index contributed by atoms with van der Waals surface area (Å²) in [4.78, 5) is 16.9. The molecule has 2 aromatic carbocycles. The molecule has 0 fully saturated rings. The van der Waals surface area contributed by atoms with Crippen molar-refractivity contribution < 1.29 is 9.53 Å². The number of aromatic nitrogens is 3. The Hall–Kier alpha value is -3.67. The van der Waals surface area contributed by atoms with E-state index in [0.717, 1.165) is 27.9 Å². The van der Waals surface area contributed by atoms with Crippen LogP contribution in [0, 0.1) is 0 Å². The maximum Gasteiger partial charge on any atom is 0.270 e. The monoisotopic (exact) mass is 358 g/mol. The van der Waals surface area contributed by atoms with Gasteiger partial charge in [-0.25, -0.2) is 9.67 Å². The second-order valence-electron chi connectivity index (χ2n) is 6.07. The van der Waals surface area contributed by atoms with Gasteiger partial charge in [0.25, 0.3) is 5.91 Å². The predicted molar refractivity (Wildman–Crippen MR) is 103 cm³/mol. The Morgan fingerprint density at radius 3 is 2.78 bits per heavy atom. The zero-order valence-electron chi connectivity index (χ0n) is 14.8. The van der Waals surface area contributed by atoms with Gasteiger partial charge in [0.2, 0.25) is 0 Å². The van der Waals surface area contributed by atoms with Gasteiger partial charge in [-0.3, -0.25) is 4.79 Å². The highest BCUT2D eigenvalue weighted by molar-refractivity contribution is 5.95. The number of hydrogen-bond acceptors (Lipinski definition) is 4. The second-order valence-corrected chi connectivity index (χ2v) is 6.07. The van der Waals surface area contributed by atoms with E-state index in [9.17, 15) is 4.79 Å². The lowest BCUT2D eigenvalue weighted by molar-refractivity contribution is 0.0946. The molecule has 0 aliphatic heterocycles. The number of carbonyl (C=O) groups is 1. The molecular weight excluding hydrogens is 340 g/mol. The van der Waals surface area contributed by atoms with Crippen LogP contribution >= 0.6 is 0 Å². The first-order valence-corrected chi connectivity index (χ1v) is 8.55. The molecule has 1 N–H and O–H groups in total. The number of para-hydroxylation sites is 1. The van der Waals surface area contributed by atoms with Crippen LogP contribution in [0.4, 0.5) is 0 Å². The third-order valence-electron chi connectivity index (χ3n) is 4.24. The fourth-order valence-electron chi connectivity index (χ4n) is 2.80. The Balaban J connectivity index is 1.45. The standard InChI is InChI=1S/C21H18N4O2/c1-27-18-8-10-19-16(11-18)7-9-20(24-19)21(26)22-12-15-13-23-25(14-15)17-5-3-2-4-6-17/h2-11,13-14H,12H2,1H3,(H,22,26). The molecule has 1 amide bonds. The molecule has 0 aliphatic rings. The minimum absolute atomic E-state index is 0.222. The van der Waals surface area contributed by atoms with Gasteiger partial charge in [-0.2, -0.15) is 5.10 Å². The van der Waals surface area contributed by atoms with Gasteiger partial charge < -0.3 is 10.1 Å². The quantitative estimate of drug-likeness (QED) is 0.594. The first-order valence-electron chi connectivity index (χ1n) is 8.55. The zero-order chi connectivity index (χ0) is 18.6. The number of carbonyl (C=O) groups excluding carboxylic acids is 1. The number of hydrogen-bond donors (Lipinski definition) is 1. The van der Waals surface area contributed by atoms with Crippen molar-refractivity contribution in [2.24, 2.45) is 0 Å². The molecule has 0 atom stereocenters. The van der Waals surface area contributed by atoms with E-state index in [4.69, 9.17) is 4.74 Å². The van der Waals surface area contributed by atoms with E-state index in [0.29, 0.717) is 12.2 Å². The van der Waals surface area contributed by atoms with E-state index in [1.54, 1.807) is 24.1 Å². The Kier molecular flexibility index (Phi) is 4.53. The summed E-state index contributed by atoms with van der Waals surface area (Å²) >= 11 is 0. The summed E-state index contributed by atoms with van der Waals surface area (Å²) in [7, 11) is 1.62. The molecule has 0 aliphatic carbocycles. The van der Waals surface area contributed by atoms with Crippen molar-refractivity contribution in [3.05, 3.63) is 84.3 Å². The third-order valence-corrected chi connectivity index (χ3v) is 4.24. The first-order chi connectivity index (χ1) is 13.2. The summed E-state index contributed by atoms with van der Waals surface area (Å²) < 4.78 is 6.99. The van der Waals surface area contributed by atoms with Crippen LogP contribution in [0.3, 0.4) is 0 Å². The molecule has 0 radical (unpaired) electrons. The van der Waals surface area contributed by atoms with Gasteiger partial charge in [0, 0.05) is 23.7 Å². The van der Waals surface area contributed by atoms with Crippen LogP contribution in [0.25, 0.3) is 16.6 Å². The molecule has 2 aromatic heterocycles. The maximum absolute atomic E-state index is 12.4. The molecule has 6 heteroatoms. The van der Waals surface area contributed by atoms with Crippen molar-refractivity contribution in [2.75, 3.05) is 7.11 Å². The van der Waals surface area contributed by atoms with Gasteiger partial charge in [0.15, 0.2) is 0 Å². The van der Waals surface area contributed by atoms with Crippen molar-refractivity contribution >= 4 is 16.8 Å². The number of nitrogens with one attached hydrogen (secondary N) is 1. The van der Waals surface area contributed by atoms with Gasteiger partial charge in [-0.05, 0) is 36.4 Å². The molecule has 4 rings (SSSR count). The van der Waals surface area contributed by atoms with E-state index in [1.807, 2.05) is 60.8 Å². The van der Waals surface area contributed by atoms with Crippen molar-refractivity contribution in [3.8, 4) is 11.4 Å². The van der Waals surface area contributed by atoms with Crippen LogP contribution in [0.2, 0.25) is 0 Å². The van der Waals surface area contributed by atoms with Gasteiger partial charge in [0.1, 0.15) is 11.4 Å². The van der Waals surface area contributed by atoms with Crippen LogP contribution < -0.4 is 10.1 Å². The Bertz CT molecular complexity index is 1090. The predicted octanol–water partition coefficient (Wildman–Crippen LogP) is 3.36. The summed E-state index contributed by atoms with van der Waals surface area (Å²) in [5, 5.41) is 8.15. The fourth-order valence-corrected chi connectivity index (χ4v) is 2.80. The molecule has 0 bridgehead atoms. The molecule has 27 heavy (non-hydrogen) atoms. The number of benzene rings is 2. The zero-order valence-corrected chi connectivity index (χ0v) is 14.8. The number of ether oxygens (including phenoxy) is 1. The topological polar surface area (TPSA) is 69.0 Å². The van der Waals surface area contributed by atoms with Crippen LogP contribution in [0.5, 0.6) is 5.75 Å². The van der Waals surface area contributed by atoms with Crippen LogP contribution in [-0.2, 0) is 6.54 Å². The highest BCUT2D eigenvalue weighted by Crippen LogP contribution is 2.19. The molecule has 0 saturated heterocycles. The van der Waals surface area contributed by atoms with Crippen LogP contribution in [0.1, 0.15) is 16.1 Å². The Labute approximate surface area is 156 Å². The fraction of sp³-hybridized carbons (Fsp3) is 0.0952. The van der Waals surface area contributed by atoms with Crippen LogP contribution in [-0.4, -0.2) is 27.8 Å². The van der Waals surface area contributed by atoms with Crippen molar-refractivity contribution in [2.45, 2.75) is 6.54 Å². The molecule has 0 spiro atoms. The molecule has 0 unspecified atom stereocenters. The number of fused-ring (bicyclic) bond motifs is 1. The number of nitrogens with zero attached hydrogens (tertiary/aromatic N) is 3. The first kappa shape index (κ1) is 16.8. The van der Waals surface area contributed by atoms with Gasteiger partial charge in [-0.15, -0.1) is 0 Å². The van der Waals surface area contributed by atoms with E-state index in [-0.39, 0.29) is 5.91 Å². The van der Waals surface area contributed by atoms with Crippen LogP contribution in [0.15, 0.2) is 73.1 Å². The summed E-state index contributed by atoms with van der Waals surface area (Å²) in [5.41, 5.74) is 3.02. The second kappa shape index (κ2) is 7.29. The van der Waals surface area contributed by atoms with Crippen molar-refractivity contribution in [1.29, 1.82) is 0 Å². The molecule has 0 saturated carbocycles. The summed E-state index contributed by atoms with van der Waals surface area (Å²) in [6, 6.07) is 19.0. The number of rotatable bonds is 5.